The van der Waals surface area contributed by atoms with Crippen molar-refractivity contribution in [2.45, 2.75) is 5.75 Å². The minimum atomic E-state index is -0.387. The normalized spacial score (nSPS) is 10.3. The fourth-order valence-corrected chi connectivity index (χ4v) is 3.29. The summed E-state index contributed by atoms with van der Waals surface area (Å²) >= 11 is 1.45. The number of halogens is 1. The van der Waals surface area contributed by atoms with Crippen molar-refractivity contribution in [2.75, 3.05) is 16.4 Å². The fraction of sp³-hybridized carbons (Fsp3) is 0.0909. The Labute approximate surface area is 167 Å². The van der Waals surface area contributed by atoms with Crippen molar-refractivity contribution >= 4 is 35.0 Å². The highest BCUT2D eigenvalue weighted by atomic mass is 32.2. The molecule has 0 aliphatic carbocycles. The van der Waals surface area contributed by atoms with Crippen molar-refractivity contribution in [3.63, 3.8) is 0 Å². The Kier molecular flexibility index (Phi) is 6.81. The average molecular weight is 394 g/mol. The van der Waals surface area contributed by atoms with Crippen LogP contribution >= 0.6 is 11.8 Å². The van der Waals surface area contributed by atoms with E-state index in [4.69, 9.17) is 0 Å². The summed E-state index contributed by atoms with van der Waals surface area (Å²) in [5, 5.41) is 5.50. The van der Waals surface area contributed by atoms with E-state index in [-0.39, 0.29) is 23.4 Å². The third kappa shape index (κ3) is 5.96. The SMILES string of the molecule is O=C(CSCc1ccc(C(=O)Nc2ccccc2)cc1)Nc1cccc(F)c1. The maximum absolute atomic E-state index is 13.1. The van der Waals surface area contributed by atoms with Crippen LogP contribution in [0.25, 0.3) is 0 Å². The zero-order valence-corrected chi connectivity index (χ0v) is 15.8. The standard InChI is InChI=1S/C22H19FN2O2S/c23-18-5-4-8-20(13-18)24-21(26)15-28-14-16-9-11-17(12-10-16)22(27)25-19-6-2-1-3-7-19/h1-13H,14-15H2,(H,24,26)(H,25,27). The Morgan fingerprint density at radius 3 is 2.25 bits per heavy atom. The lowest BCUT2D eigenvalue weighted by Crippen LogP contribution is -2.14. The number of benzene rings is 3. The van der Waals surface area contributed by atoms with Crippen LogP contribution in [0, 0.1) is 5.82 Å². The quantitative estimate of drug-likeness (QED) is 0.596. The Morgan fingerprint density at radius 2 is 1.54 bits per heavy atom. The van der Waals surface area contributed by atoms with Gasteiger partial charge in [0.2, 0.25) is 5.91 Å². The first kappa shape index (κ1) is 19.6. The van der Waals surface area contributed by atoms with Crippen molar-refractivity contribution in [3.05, 3.63) is 95.8 Å². The maximum atomic E-state index is 13.1. The molecule has 0 aliphatic heterocycles. The third-order valence-corrected chi connectivity index (χ3v) is 4.86. The molecule has 3 rings (SSSR count). The minimum absolute atomic E-state index is 0.167. The number of nitrogens with one attached hydrogen (secondary N) is 2. The highest BCUT2D eigenvalue weighted by molar-refractivity contribution is 7.99. The van der Waals surface area contributed by atoms with E-state index in [9.17, 15) is 14.0 Å². The molecule has 0 unspecified atom stereocenters. The van der Waals surface area contributed by atoms with Crippen molar-refractivity contribution in [3.8, 4) is 0 Å². The number of carbonyl (C=O) groups is 2. The van der Waals surface area contributed by atoms with E-state index in [1.807, 2.05) is 42.5 Å². The van der Waals surface area contributed by atoms with Gasteiger partial charge in [-0.2, -0.15) is 0 Å². The van der Waals surface area contributed by atoms with Gasteiger partial charge in [0, 0.05) is 22.7 Å². The van der Waals surface area contributed by atoms with Crippen LogP contribution in [-0.2, 0) is 10.5 Å². The summed E-state index contributed by atoms with van der Waals surface area (Å²) in [5.41, 5.74) is 2.78. The molecule has 0 bridgehead atoms. The monoisotopic (exact) mass is 394 g/mol. The molecule has 0 aromatic heterocycles. The number of rotatable bonds is 7. The van der Waals surface area contributed by atoms with E-state index in [0.29, 0.717) is 17.0 Å². The summed E-state index contributed by atoms with van der Waals surface area (Å²) in [6.07, 6.45) is 0. The zero-order chi connectivity index (χ0) is 19.8. The first-order valence-electron chi connectivity index (χ1n) is 8.69. The largest absolute Gasteiger partial charge is 0.325 e. The number of anilines is 2. The molecule has 2 amide bonds. The van der Waals surface area contributed by atoms with Crippen LogP contribution in [0.4, 0.5) is 15.8 Å². The van der Waals surface area contributed by atoms with Crippen molar-refractivity contribution in [2.24, 2.45) is 0 Å². The molecule has 0 radical (unpaired) electrons. The van der Waals surface area contributed by atoms with Crippen LogP contribution in [0.5, 0.6) is 0 Å². The van der Waals surface area contributed by atoms with Crippen LogP contribution in [-0.4, -0.2) is 17.6 Å². The molecule has 142 valence electrons. The van der Waals surface area contributed by atoms with Crippen LogP contribution in [0.15, 0.2) is 78.9 Å². The van der Waals surface area contributed by atoms with Crippen molar-refractivity contribution in [1.82, 2.24) is 0 Å². The van der Waals surface area contributed by atoms with Gasteiger partial charge in [0.25, 0.3) is 5.91 Å². The molecule has 3 aromatic rings. The van der Waals surface area contributed by atoms with Crippen LogP contribution in [0.2, 0.25) is 0 Å². The molecule has 0 atom stereocenters. The number of hydrogen-bond acceptors (Lipinski definition) is 3. The Bertz CT molecular complexity index is 946. The number of thioether (sulfide) groups is 1. The molecule has 0 spiro atoms. The van der Waals surface area contributed by atoms with E-state index in [1.165, 1.54) is 23.9 Å². The summed E-state index contributed by atoms with van der Waals surface area (Å²) in [5.74, 6) is 0.153. The van der Waals surface area contributed by atoms with Gasteiger partial charge in [-0.25, -0.2) is 4.39 Å². The number of para-hydroxylation sites is 1. The number of carbonyl (C=O) groups excluding carboxylic acids is 2. The predicted octanol–water partition coefficient (Wildman–Crippen LogP) is 4.95. The third-order valence-electron chi connectivity index (χ3n) is 3.86. The lowest BCUT2D eigenvalue weighted by Gasteiger charge is -2.07. The van der Waals surface area contributed by atoms with Gasteiger partial charge in [-0.05, 0) is 48.0 Å². The summed E-state index contributed by atoms with van der Waals surface area (Å²) < 4.78 is 13.1. The van der Waals surface area contributed by atoms with Crippen molar-refractivity contribution < 1.29 is 14.0 Å². The zero-order valence-electron chi connectivity index (χ0n) is 15.0. The van der Waals surface area contributed by atoms with Crippen LogP contribution in [0.1, 0.15) is 15.9 Å². The first-order chi connectivity index (χ1) is 13.6. The fourth-order valence-electron chi connectivity index (χ4n) is 2.50. The number of hydrogen-bond donors (Lipinski definition) is 2. The molecule has 3 aromatic carbocycles. The molecular formula is C22H19FN2O2S. The highest BCUT2D eigenvalue weighted by Gasteiger charge is 2.07. The average Bonchev–Trinajstić information content (AvgIpc) is 2.69. The molecule has 6 heteroatoms. The highest BCUT2D eigenvalue weighted by Crippen LogP contribution is 2.16. The smallest absolute Gasteiger partial charge is 0.255 e. The molecule has 28 heavy (non-hydrogen) atoms. The van der Waals surface area contributed by atoms with E-state index < -0.39 is 0 Å². The summed E-state index contributed by atoms with van der Waals surface area (Å²) in [6.45, 7) is 0. The van der Waals surface area contributed by atoms with Gasteiger partial charge in [-0.15, -0.1) is 11.8 Å². The molecule has 0 fully saturated rings. The summed E-state index contributed by atoms with van der Waals surface area (Å²) in [4.78, 5) is 24.2. The lowest BCUT2D eigenvalue weighted by atomic mass is 10.1. The van der Waals surface area contributed by atoms with Gasteiger partial charge in [0.15, 0.2) is 0 Å². The first-order valence-corrected chi connectivity index (χ1v) is 9.84. The Hall–Kier alpha value is -3.12. The molecule has 0 saturated carbocycles. The van der Waals surface area contributed by atoms with Gasteiger partial charge in [0.05, 0.1) is 5.75 Å². The van der Waals surface area contributed by atoms with Gasteiger partial charge in [-0.1, -0.05) is 36.4 Å². The van der Waals surface area contributed by atoms with Crippen LogP contribution < -0.4 is 10.6 Å². The molecule has 2 N–H and O–H groups in total. The Balaban J connectivity index is 1.45. The molecule has 0 aliphatic rings. The Morgan fingerprint density at radius 1 is 0.821 bits per heavy atom. The van der Waals surface area contributed by atoms with Gasteiger partial charge in [0.1, 0.15) is 5.82 Å². The van der Waals surface area contributed by atoms with E-state index in [2.05, 4.69) is 10.6 Å². The molecule has 4 nitrogen and oxygen atoms in total. The second-order valence-electron chi connectivity index (χ2n) is 6.07. The second-order valence-corrected chi connectivity index (χ2v) is 7.05. The van der Waals surface area contributed by atoms with E-state index in [1.54, 1.807) is 24.3 Å². The van der Waals surface area contributed by atoms with E-state index >= 15 is 0 Å². The maximum Gasteiger partial charge on any atom is 0.255 e. The van der Waals surface area contributed by atoms with Crippen molar-refractivity contribution in [1.29, 1.82) is 0 Å². The van der Waals surface area contributed by atoms with Crippen LogP contribution in [0.3, 0.4) is 0 Å². The lowest BCUT2D eigenvalue weighted by molar-refractivity contribution is -0.113. The second kappa shape index (κ2) is 9.71. The molecule has 0 saturated heterocycles. The van der Waals surface area contributed by atoms with Gasteiger partial charge in [-0.3, -0.25) is 9.59 Å². The van der Waals surface area contributed by atoms with E-state index in [0.717, 1.165) is 11.3 Å². The summed E-state index contributed by atoms with van der Waals surface area (Å²) in [6, 6.07) is 22.3. The number of amides is 2. The molecular weight excluding hydrogens is 375 g/mol. The summed E-state index contributed by atoms with van der Waals surface area (Å²) in [7, 11) is 0. The minimum Gasteiger partial charge on any atom is -0.325 e. The van der Waals surface area contributed by atoms with Gasteiger partial charge >= 0.3 is 0 Å². The topological polar surface area (TPSA) is 58.2 Å². The van der Waals surface area contributed by atoms with Gasteiger partial charge < -0.3 is 10.6 Å². The predicted molar refractivity (Wildman–Crippen MR) is 112 cm³/mol. The molecule has 0 heterocycles.